The van der Waals surface area contributed by atoms with E-state index in [4.69, 9.17) is 15.7 Å². The largest absolute Gasteiger partial charge is 0.381 e. The summed E-state index contributed by atoms with van der Waals surface area (Å²) in [6.45, 7) is 3.81. The molecule has 1 aromatic carbocycles. The smallest absolute Gasteiger partial charge is 0.0991 e. The molecule has 108 valence electrons. The van der Waals surface area contributed by atoms with E-state index in [-0.39, 0.29) is 6.04 Å². The van der Waals surface area contributed by atoms with Crippen LogP contribution in [0.1, 0.15) is 36.9 Å². The van der Waals surface area contributed by atoms with Crippen LogP contribution in [0.25, 0.3) is 0 Å². The topological polar surface area (TPSA) is 62.3 Å². The Bertz CT molecular complexity index is 483. The lowest BCUT2D eigenvalue weighted by Gasteiger charge is -2.42. The van der Waals surface area contributed by atoms with Crippen molar-refractivity contribution in [1.29, 1.82) is 5.26 Å². The first-order valence-corrected chi connectivity index (χ1v) is 7.18. The van der Waals surface area contributed by atoms with Gasteiger partial charge in [-0.25, -0.2) is 0 Å². The molecule has 20 heavy (non-hydrogen) atoms. The maximum Gasteiger partial charge on any atom is 0.0991 e. The summed E-state index contributed by atoms with van der Waals surface area (Å²) in [5, 5.41) is 9.02. The number of ether oxygens (including phenoxy) is 1. The van der Waals surface area contributed by atoms with Crippen LogP contribution >= 0.6 is 0 Å². The maximum atomic E-state index is 9.02. The second-order valence-corrected chi connectivity index (χ2v) is 5.42. The molecule has 1 heterocycles. The summed E-state index contributed by atoms with van der Waals surface area (Å²) in [5.74, 6) is 0. The van der Waals surface area contributed by atoms with Crippen LogP contribution in [-0.2, 0) is 4.74 Å². The third kappa shape index (κ3) is 3.18. The Morgan fingerprint density at radius 3 is 3.00 bits per heavy atom. The highest BCUT2D eigenvalue weighted by atomic mass is 16.5. The Morgan fingerprint density at radius 1 is 1.55 bits per heavy atom. The van der Waals surface area contributed by atoms with Gasteiger partial charge >= 0.3 is 0 Å². The van der Waals surface area contributed by atoms with Crippen molar-refractivity contribution in [3.63, 3.8) is 0 Å². The summed E-state index contributed by atoms with van der Waals surface area (Å²) in [6, 6.07) is 10.7. The van der Waals surface area contributed by atoms with Gasteiger partial charge in [-0.05, 0) is 37.5 Å². The van der Waals surface area contributed by atoms with Crippen LogP contribution in [-0.4, -0.2) is 37.2 Å². The third-order valence-electron chi connectivity index (χ3n) is 4.31. The van der Waals surface area contributed by atoms with Crippen LogP contribution in [0.4, 0.5) is 0 Å². The van der Waals surface area contributed by atoms with E-state index in [0.29, 0.717) is 24.3 Å². The van der Waals surface area contributed by atoms with Crippen molar-refractivity contribution in [2.24, 2.45) is 5.73 Å². The van der Waals surface area contributed by atoms with Crippen molar-refractivity contribution in [3.05, 3.63) is 35.4 Å². The van der Waals surface area contributed by atoms with Gasteiger partial charge < -0.3 is 10.5 Å². The van der Waals surface area contributed by atoms with E-state index >= 15 is 0 Å². The molecule has 0 aromatic heterocycles. The van der Waals surface area contributed by atoms with E-state index in [0.717, 1.165) is 19.4 Å². The lowest BCUT2D eigenvalue weighted by atomic mass is 9.94. The molecule has 1 aliphatic heterocycles. The first-order chi connectivity index (χ1) is 9.69. The summed E-state index contributed by atoms with van der Waals surface area (Å²) >= 11 is 0. The van der Waals surface area contributed by atoms with E-state index in [1.807, 2.05) is 18.2 Å². The van der Waals surface area contributed by atoms with Gasteiger partial charge in [0.1, 0.15) is 0 Å². The van der Waals surface area contributed by atoms with Crippen LogP contribution in [0.2, 0.25) is 0 Å². The Labute approximate surface area is 121 Å². The van der Waals surface area contributed by atoms with Gasteiger partial charge in [0.15, 0.2) is 0 Å². The molecule has 3 atom stereocenters. The minimum Gasteiger partial charge on any atom is -0.381 e. The Hall–Kier alpha value is -1.41. The molecule has 0 saturated carbocycles. The summed E-state index contributed by atoms with van der Waals surface area (Å²) in [7, 11) is 1.77. The molecular formula is C16H23N3O. The molecule has 4 heteroatoms. The first-order valence-electron chi connectivity index (χ1n) is 7.18. The number of methoxy groups -OCH3 is 1. The lowest BCUT2D eigenvalue weighted by Crippen LogP contribution is -2.49. The maximum absolute atomic E-state index is 9.02. The van der Waals surface area contributed by atoms with Gasteiger partial charge in [0.25, 0.3) is 0 Å². The van der Waals surface area contributed by atoms with Gasteiger partial charge in [0.2, 0.25) is 0 Å². The average molecular weight is 273 g/mol. The van der Waals surface area contributed by atoms with Gasteiger partial charge in [0.05, 0.1) is 17.7 Å². The van der Waals surface area contributed by atoms with E-state index in [1.54, 1.807) is 7.11 Å². The average Bonchev–Trinajstić information content (AvgIpc) is 2.53. The van der Waals surface area contributed by atoms with Crippen LogP contribution in [0.5, 0.6) is 0 Å². The van der Waals surface area contributed by atoms with Crippen molar-refractivity contribution in [3.8, 4) is 6.07 Å². The minimum atomic E-state index is 0.273. The van der Waals surface area contributed by atoms with Crippen molar-refractivity contribution in [2.75, 3.05) is 20.2 Å². The SMILES string of the molecule is COC1CCN(C(C)c2cccc(C#N)c2)C(CN)C1. The number of rotatable bonds is 4. The molecule has 4 nitrogen and oxygen atoms in total. The zero-order valence-electron chi connectivity index (χ0n) is 12.2. The molecule has 1 fully saturated rings. The van der Waals surface area contributed by atoms with E-state index in [9.17, 15) is 0 Å². The molecular weight excluding hydrogens is 250 g/mol. The number of likely N-dealkylation sites (tertiary alicyclic amines) is 1. The van der Waals surface area contributed by atoms with Gasteiger partial charge in [-0.2, -0.15) is 5.26 Å². The fourth-order valence-electron chi connectivity index (χ4n) is 3.05. The molecule has 1 aromatic rings. The van der Waals surface area contributed by atoms with Crippen LogP contribution in [0.15, 0.2) is 24.3 Å². The molecule has 1 saturated heterocycles. The Kier molecular flexibility index (Phi) is 5.13. The highest BCUT2D eigenvalue weighted by molar-refractivity contribution is 5.34. The van der Waals surface area contributed by atoms with Crippen molar-refractivity contribution >= 4 is 0 Å². The van der Waals surface area contributed by atoms with Crippen LogP contribution in [0.3, 0.4) is 0 Å². The predicted molar refractivity (Wildman–Crippen MR) is 79.2 cm³/mol. The van der Waals surface area contributed by atoms with Gasteiger partial charge in [-0.15, -0.1) is 0 Å². The zero-order chi connectivity index (χ0) is 14.5. The second kappa shape index (κ2) is 6.85. The Morgan fingerprint density at radius 2 is 2.35 bits per heavy atom. The fourth-order valence-corrected chi connectivity index (χ4v) is 3.05. The van der Waals surface area contributed by atoms with Gasteiger partial charge in [-0.1, -0.05) is 12.1 Å². The fraction of sp³-hybridized carbons (Fsp3) is 0.562. The van der Waals surface area contributed by atoms with E-state index in [2.05, 4.69) is 24.0 Å². The number of hydrogen-bond donors (Lipinski definition) is 1. The molecule has 0 radical (unpaired) electrons. The van der Waals surface area contributed by atoms with Crippen molar-refractivity contribution in [2.45, 2.75) is 38.0 Å². The molecule has 0 amide bonds. The second-order valence-electron chi connectivity index (χ2n) is 5.42. The van der Waals surface area contributed by atoms with Crippen molar-refractivity contribution in [1.82, 2.24) is 4.90 Å². The molecule has 0 spiro atoms. The van der Waals surface area contributed by atoms with E-state index < -0.39 is 0 Å². The first kappa shape index (κ1) is 15.0. The molecule has 0 aliphatic carbocycles. The molecule has 0 bridgehead atoms. The quantitative estimate of drug-likeness (QED) is 0.912. The van der Waals surface area contributed by atoms with Gasteiger partial charge in [0, 0.05) is 32.3 Å². The number of nitriles is 1. The monoisotopic (exact) mass is 273 g/mol. The van der Waals surface area contributed by atoms with E-state index in [1.165, 1.54) is 5.56 Å². The molecule has 3 unspecified atom stereocenters. The summed E-state index contributed by atoms with van der Waals surface area (Å²) in [5.41, 5.74) is 7.83. The summed E-state index contributed by atoms with van der Waals surface area (Å²) in [4.78, 5) is 2.44. The highest BCUT2D eigenvalue weighted by Gasteiger charge is 2.31. The number of benzene rings is 1. The predicted octanol–water partition coefficient (Wildman–Crippen LogP) is 2.06. The molecule has 2 N–H and O–H groups in total. The summed E-state index contributed by atoms with van der Waals surface area (Å²) in [6.07, 6.45) is 2.34. The van der Waals surface area contributed by atoms with Gasteiger partial charge in [-0.3, -0.25) is 4.90 Å². The number of hydrogen-bond acceptors (Lipinski definition) is 4. The lowest BCUT2D eigenvalue weighted by molar-refractivity contribution is -0.00164. The molecule has 2 rings (SSSR count). The zero-order valence-corrected chi connectivity index (χ0v) is 12.2. The summed E-state index contributed by atoms with van der Waals surface area (Å²) < 4.78 is 5.47. The highest BCUT2D eigenvalue weighted by Crippen LogP contribution is 2.29. The molecule has 1 aliphatic rings. The third-order valence-corrected chi connectivity index (χ3v) is 4.31. The number of piperidine rings is 1. The number of nitrogens with two attached hydrogens (primary N) is 1. The normalized spacial score (nSPS) is 25.1. The standard InChI is InChI=1S/C16H23N3O/c1-12(14-5-3-4-13(8-14)10-17)19-7-6-16(20-2)9-15(19)11-18/h3-5,8,12,15-16H,6-7,9,11,18H2,1-2H3. The van der Waals surface area contributed by atoms with Crippen molar-refractivity contribution < 1.29 is 4.74 Å². The number of nitrogens with zero attached hydrogens (tertiary/aromatic N) is 2. The van der Waals surface area contributed by atoms with Crippen LogP contribution in [0, 0.1) is 11.3 Å². The minimum absolute atomic E-state index is 0.273. The Balaban J connectivity index is 2.15. The van der Waals surface area contributed by atoms with Crippen LogP contribution < -0.4 is 5.73 Å².